The number of aromatic nitrogens is 3. The van der Waals surface area contributed by atoms with Crippen LogP contribution < -0.4 is 0 Å². The van der Waals surface area contributed by atoms with E-state index in [1.165, 1.54) is 48.0 Å². The lowest BCUT2D eigenvalue weighted by Crippen LogP contribution is -2.31. The monoisotopic (exact) mass is 421 g/mol. The summed E-state index contributed by atoms with van der Waals surface area (Å²) >= 11 is 0. The Bertz CT molecular complexity index is 1400. The van der Waals surface area contributed by atoms with Crippen molar-refractivity contribution < 1.29 is 18.3 Å². The van der Waals surface area contributed by atoms with Crippen LogP contribution in [0.3, 0.4) is 0 Å². The summed E-state index contributed by atoms with van der Waals surface area (Å²) in [6.45, 7) is 1.38. The molecule has 2 aromatic heterocycles. The molecule has 2 atom stereocenters. The molecule has 156 valence electrons. The van der Waals surface area contributed by atoms with Gasteiger partial charge in [-0.2, -0.15) is 5.10 Å². The normalized spacial score (nSPS) is 14.7. The molecule has 2 heterocycles. The lowest BCUT2D eigenvalue weighted by atomic mass is 9.93. The highest BCUT2D eigenvalue weighted by atomic mass is 19.1. The molecule has 1 N–H and O–H groups in total. The molecule has 0 aliphatic rings. The average Bonchev–Trinajstić information content (AvgIpc) is 3.38. The summed E-state index contributed by atoms with van der Waals surface area (Å²) in [7, 11) is 0. The average molecular weight is 421 g/mol. The van der Waals surface area contributed by atoms with Crippen LogP contribution in [0.2, 0.25) is 0 Å². The topological polar surface area (TPSA) is 43.0 Å². The van der Waals surface area contributed by atoms with E-state index in [2.05, 4.69) is 5.10 Å². The van der Waals surface area contributed by atoms with Gasteiger partial charge in [0, 0.05) is 17.0 Å². The van der Waals surface area contributed by atoms with Crippen LogP contribution in [0.1, 0.15) is 18.8 Å². The second kappa shape index (κ2) is 6.99. The van der Waals surface area contributed by atoms with Crippen molar-refractivity contribution in [2.24, 2.45) is 0 Å². The van der Waals surface area contributed by atoms with Gasteiger partial charge in [-0.1, -0.05) is 12.1 Å². The van der Waals surface area contributed by atoms with Crippen molar-refractivity contribution in [3.8, 4) is 5.69 Å². The fourth-order valence-electron chi connectivity index (χ4n) is 3.89. The quantitative estimate of drug-likeness (QED) is 0.408. The molecule has 5 aromatic rings. The number of fused-ring (bicyclic) bond motifs is 2. The lowest BCUT2D eigenvalue weighted by molar-refractivity contribution is -0.0585. The van der Waals surface area contributed by atoms with Crippen LogP contribution in [0.5, 0.6) is 0 Å². The number of benzene rings is 3. The maximum Gasteiger partial charge on any atom is 0.209 e. The molecule has 31 heavy (non-hydrogen) atoms. The van der Waals surface area contributed by atoms with Gasteiger partial charge in [-0.3, -0.25) is 0 Å². The Balaban J connectivity index is 1.54. The van der Waals surface area contributed by atoms with Crippen LogP contribution in [-0.2, 0) is 5.60 Å². The van der Waals surface area contributed by atoms with Crippen molar-refractivity contribution in [1.29, 1.82) is 0 Å². The number of hydrogen-bond acceptors (Lipinski definition) is 2. The number of nitrogens with zero attached hydrogens (tertiary/aromatic N) is 3. The Morgan fingerprint density at radius 3 is 2.52 bits per heavy atom. The summed E-state index contributed by atoms with van der Waals surface area (Å²) in [4.78, 5) is 0. The van der Waals surface area contributed by atoms with Crippen molar-refractivity contribution in [3.63, 3.8) is 0 Å². The minimum atomic E-state index is -1.88. The summed E-state index contributed by atoms with van der Waals surface area (Å²) < 4.78 is 45.6. The first-order valence-corrected chi connectivity index (χ1v) is 9.72. The smallest absolute Gasteiger partial charge is 0.209 e. The van der Waals surface area contributed by atoms with Crippen LogP contribution >= 0.6 is 0 Å². The van der Waals surface area contributed by atoms with E-state index in [0.29, 0.717) is 22.2 Å². The third kappa shape index (κ3) is 3.09. The summed E-state index contributed by atoms with van der Waals surface area (Å²) in [5, 5.41) is 16.4. The van der Waals surface area contributed by atoms with Crippen LogP contribution in [-0.4, -0.2) is 19.5 Å². The Hall–Kier alpha value is -3.58. The molecule has 0 aliphatic carbocycles. The molecular formula is C24H18F3N3O. The largest absolute Gasteiger partial charge is 0.380 e. The first-order chi connectivity index (χ1) is 14.9. The molecule has 0 aliphatic heterocycles. The Kier molecular flexibility index (Phi) is 4.37. The minimum Gasteiger partial charge on any atom is -0.380 e. The van der Waals surface area contributed by atoms with E-state index >= 15 is 4.39 Å². The van der Waals surface area contributed by atoms with Gasteiger partial charge in [-0.25, -0.2) is 17.9 Å². The zero-order chi connectivity index (χ0) is 21.8. The van der Waals surface area contributed by atoms with Crippen molar-refractivity contribution in [2.45, 2.75) is 18.8 Å². The third-order valence-electron chi connectivity index (χ3n) is 5.64. The molecular weight excluding hydrogens is 403 g/mol. The first kappa shape index (κ1) is 19.4. The van der Waals surface area contributed by atoms with Gasteiger partial charge >= 0.3 is 0 Å². The highest BCUT2D eigenvalue weighted by molar-refractivity contribution is 5.82. The van der Waals surface area contributed by atoms with Gasteiger partial charge in [0.1, 0.15) is 17.2 Å². The zero-order valence-electron chi connectivity index (χ0n) is 16.5. The van der Waals surface area contributed by atoms with Gasteiger partial charge in [0.15, 0.2) is 0 Å². The number of rotatable bonds is 4. The standard InChI is InChI=1S/C24H18F3N3O/c1-24(31,23(27)29-12-11-19-20(26)3-2-4-22(19)29)16-5-10-21-15(13-16)14-28-30(21)18-8-6-17(25)7-9-18/h2-14,23,31H,1H3. The third-order valence-corrected chi connectivity index (χ3v) is 5.64. The maximum atomic E-state index is 15.5. The predicted molar refractivity (Wildman–Crippen MR) is 113 cm³/mol. The van der Waals surface area contributed by atoms with Crippen LogP contribution in [0.15, 0.2) is 79.1 Å². The lowest BCUT2D eigenvalue weighted by Gasteiger charge is -2.29. The number of halogens is 3. The van der Waals surface area contributed by atoms with E-state index in [1.807, 2.05) is 0 Å². The minimum absolute atomic E-state index is 0.289. The van der Waals surface area contributed by atoms with Gasteiger partial charge in [0.25, 0.3) is 0 Å². The summed E-state index contributed by atoms with van der Waals surface area (Å²) in [6.07, 6.45) is 1.18. The fourth-order valence-corrected chi connectivity index (χ4v) is 3.89. The molecule has 3 aromatic carbocycles. The van der Waals surface area contributed by atoms with E-state index in [4.69, 9.17) is 0 Å². The Morgan fingerprint density at radius 1 is 0.968 bits per heavy atom. The van der Waals surface area contributed by atoms with Gasteiger partial charge in [0.05, 0.1) is 22.9 Å². The van der Waals surface area contributed by atoms with E-state index in [1.54, 1.807) is 47.3 Å². The van der Waals surface area contributed by atoms with Crippen molar-refractivity contribution in [1.82, 2.24) is 14.3 Å². The maximum absolute atomic E-state index is 15.5. The fraction of sp³-hybridized carbons (Fsp3) is 0.125. The van der Waals surface area contributed by atoms with Gasteiger partial charge in [-0.05, 0) is 67.1 Å². The SMILES string of the molecule is CC(O)(c1ccc2c(cnn2-c2ccc(F)cc2)c1)C(F)n1ccc2c(F)cccc21. The van der Waals surface area contributed by atoms with E-state index in [9.17, 15) is 13.9 Å². The van der Waals surface area contributed by atoms with Gasteiger partial charge in [-0.15, -0.1) is 0 Å². The van der Waals surface area contributed by atoms with E-state index < -0.39 is 17.7 Å². The molecule has 0 amide bonds. The van der Waals surface area contributed by atoms with Gasteiger partial charge < -0.3 is 9.67 Å². The first-order valence-electron chi connectivity index (χ1n) is 9.72. The van der Waals surface area contributed by atoms with E-state index in [-0.39, 0.29) is 11.2 Å². The Labute approximate surface area is 175 Å². The molecule has 4 nitrogen and oxygen atoms in total. The molecule has 0 saturated carbocycles. The second-order valence-electron chi connectivity index (χ2n) is 7.69. The number of aliphatic hydroxyl groups is 1. The molecule has 5 rings (SSSR count). The van der Waals surface area contributed by atoms with Crippen molar-refractivity contribution in [3.05, 3.63) is 96.3 Å². The zero-order valence-corrected chi connectivity index (χ0v) is 16.5. The van der Waals surface area contributed by atoms with Gasteiger partial charge in [0.2, 0.25) is 6.30 Å². The molecule has 0 saturated heterocycles. The number of hydrogen-bond donors (Lipinski definition) is 1. The van der Waals surface area contributed by atoms with Crippen molar-refractivity contribution >= 4 is 21.8 Å². The Morgan fingerprint density at radius 2 is 1.74 bits per heavy atom. The summed E-state index contributed by atoms with van der Waals surface area (Å²) in [6, 6.07) is 16.9. The van der Waals surface area contributed by atoms with E-state index in [0.717, 1.165) is 5.52 Å². The molecule has 0 bridgehead atoms. The second-order valence-corrected chi connectivity index (χ2v) is 7.69. The molecule has 7 heteroatoms. The van der Waals surface area contributed by atoms with Crippen LogP contribution in [0.25, 0.3) is 27.5 Å². The highest BCUT2D eigenvalue weighted by Gasteiger charge is 2.36. The summed E-state index contributed by atoms with van der Waals surface area (Å²) in [5.74, 6) is -0.789. The number of alkyl halides is 1. The van der Waals surface area contributed by atoms with Crippen LogP contribution in [0.4, 0.5) is 13.2 Å². The predicted octanol–water partition coefficient (Wildman–Crippen LogP) is 5.63. The molecule has 0 spiro atoms. The summed E-state index contributed by atoms with van der Waals surface area (Å²) in [5.41, 5.74) is 0.238. The molecule has 0 radical (unpaired) electrons. The highest BCUT2D eigenvalue weighted by Crippen LogP contribution is 2.38. The molecule has 2 unspecified atom stereocenters. The van der Waals surface area contributed by atoms with Crippen LogP contribution in [0, 0.1) is 11.6 Å². The molecule has 0 fully saturated rings. The van der Waals surface area contributed by atoms with Crippen molar-refractivity contribution in [2.75, 3.05) is 0 Å².